The van der Waals surface area contributed by atoms with Crippen molar-refractivity contribution < 1.29 is 8.78 Å². The van der Waals surface area contributed by atoms with Crippen LogP contribution >= 0.6 is 15.9 Å². The minimum absolute atomic E-state index is 0.240. The van der Waals surface area contributed by atoms with Gasteiger partial charge in [0.15, 0.2) is 0 Å². The number of hydrogen-bond acceptors (Lipinski definition) is 2. The molecule has 1 aromatic carbocycles. The molecule has 0 aliphatic rings. The summed E-state index contributed by atoms with van der Waals surface area (Å²) in [6.07, 6.45) is 2.39. The highest BCUT2D eigenvalue weighted by atomic mass is 79.9. The lowest BCUT2D eigenvalue weighted by Crippen LogP contribution is -2.07. The monoisotopic (exact) mass is 312 g/mol. The van der Waals surface area contributed by atoms with Gasteiger partial charge in [-0.3, -0.25) is 4.98 Å². The molecule has 0 fully saturated rings. The Balaban J connectivity index is 1.97. The first-order valence-electron chi connectivity index (χ1n) is 5.45. The normalized spacial score (nSPS) is 10.4. The largest absolute Gasteiger partial charge is 0.382 e. The van der Waals surface area contributed by atoms with Crippen LogP contribution in [-0.2, 0) is 6.42 Å². The van der Waals surface area contributed by atoms with Crippen LogP contribution in [0.5, 0.6) is 0 Å². The summed E-state index contributed by atoms with van der Waals surface area (Å²) in [5.41, 5.74) is 1.20. The highest BCUT2D eigenvalue weighted by molar-refractivity contribution is 9.10. The highest BCUT2D eigenvalue weighted by Crippen LogP contribution is 2.23. The van der Waals surface area contributed by atoms with Gasteiger partial charge in [-0.1, -0.05) is 6.07 Å². The van der Waals surface area contributed by atoms with E-state index in [1.54, 1.807) is 6.20 Å². The molecule has 2 aromatic rings. The number of rotatable bonds is 4. The first-order valence-corrected chi connectivity index (χ1v) is 6.24. The third-order valence-corrected chi connectivity index (χ3v) is 3.04. The quantitative estimate of drug-likeness (QED) is 0.869. The van der Waals surface area contributed by atoms with Gasteiger partial charge in [-0.15, -0.1) is 0 Å². The molecule has 0 amide bonds. The maximum absolute atomic E-state index is 13.4. The lowest BCUT2D eigenvalue weighted by Gasteiger charge is -2.08. The van der Waals surface area contributed by atoms with Gasteiger partial charge in [0, 0.05) is 30.9 Å². The molecule has 1 N–H and O–H groups in total. The van der Waals surface area contributed by atoms with E-state index in [1.165, 1.54) is 6.07 Å². The van der Waals surface area contributed by atoms with E-state index in [2.05, 4.69) is 26.2 Å². The topological polar surface area (TPSA) is 24.9 Å². The lowest BCUT2D eigenvalue weighted by molar-refractivity contribution is 0.580. The Morgan fingerprint density at radius 1 is 1.17 bits per heavy atom. The van der Waals surface area contributed by atoms with Crippen molar-refractivity contribution in [3.8, 4) is 0 Å². The average molecular weight is 313 g/mol. The van der Waals surface area contributed by atoms with Crippen LogP contribution in [0.3, 0.4) is 0 Å². The van der Waals surface area contributed by atoms with Crippen LogP contribution in [0.1, 0.15) is 5.69 Å². The third-order valence-electron chi connectivity index (χ3n) is 2.43. The second kappa shape index (κ2) is 5.91. The summed E-state index contributed by atoms with van der Waals surface area (Å²) < 4.78 is 26.7. The van der Waals surface area contributed by atoms with Gasteiger partial charge in [0.25, 0.3) is 0 Å². The fraction of sp³-hybridized carbons (Fsp3) is 0.154. The maximum Gasteiger partial charge on any atom is 0.149 e. The number of anilines is 1. The Kier molecular flexibility index (Phi) is 4.25. The molecule has 0 saturated heterocycles. The van der Waals surface area contributed by atoms with Gasteiger partial charge in [0.05, 0.1) is 10.2 Å². The summed E-state index contributed by atoms with van der Waals surface area (Å²) in [6, 6.07) is 7.89. The Morgan fingerprint density at radius 3 is 2.72 bits per heavy atom. The van der Waals surface area contributed by atoms with Crippen LogP contribution < -0.4 is 5.32 Å². The van der Waals surface area contributed by atoms with Gasteiger partial charge in [0.2, 0.25) is 0 Å². The Hall–Kier alpha value is -1.49. The van der Waals surface area contributed by atoms with Crippen LogP contribution in [0.2, 0.25) is 0 Å². The zero-order valence-corrected chi connectivity index (χ0v) is 11.0. The first kappa shape index (κ1) is 13.0. The SMILES string of the molecule is Fc1cc(F)c(NCCc2ccccn2)cc1Br. The van der Waals surface area contributed by atoms with Crippen molar-refractivity contribution in [1.82, 2.24) is 4.98 Å². The van der Waals surface area contributed by atoms with E-state index in [1.807, 2.05) is 18.2 Å². The van der Waals surface area contributed by atoms with Crippen molar-refractivity contribution >= 4 is 21.6 Å². The van der Waals surface area contributed by atoms with Crippen LogP contribution in [-0.4, -0.2) is 11.5 Å². The predicted octanol–water partition coefficient (Wildman–Crippen LogP) is 3.78. The smallest absolute Gasteiger partial charge is 0.149 e. The molecule has 2 nitrogen and oxygen atoms in total. The standard InChI is InChI=1S/C13H11BrF2N2/c14-10-7-13(12(16)8-11(10)15)18-6-4-9-3-1-2-5-17-9/h1-3,5,7-8,18H,4,6H2. The molecular weight excluding hydrogens is 302 g/mol. The fourth-order valence-electron chi connectivity index (χ4n) is 1.53. The molecule has 0 unspecified atom stereocenters. The summed E-state index contributed by atoms with van der Waals surface area (Å²) >= 11 is 3.02. The van der Waals surface area contributed by atoms with E-state index in [9.17, 15) is 8.78 Å². The van der Waals surface area contributed by atoms with Gasteiger partial charge in [-0.05, 0) is 34.1 Å². The molecule has 0 aliphatic carbocycles. The molecule has 0 bridgehead atoms. The molecule has 1 aromatic heterocycles. The van der Waals surface area contributed by atoms with Gasteiger partial charge in [0.1, 0.15) is 11.6 Å². The minimum atomic E-state index is -0.609. The first-order chi connectivity index (χ1) is 8.66. The summed E-state index contributed by atoms with van der Waals surface area (Å²) in [6.45, 7) is 0.534. The van der Waals surface area contributed by atoms with Crippen molar-refractivity contribution in [2.24, 2.45) is 0 Å². The molecule has 5 heteroatoms. The summed E-state index contributed by atoms with van der Waals surface area (Å²) in [4.78, 5) is 4.16. The van der Waals surface area contributed by atoms with Gasteiger partial charge < -0.3 is 5.32 Å². The number of nitrogens with zero attached hydrogens (tertiary/aromatic N) is 1. The van der Waals surface area contributed by atoms with Crippen LogP contribution in [0.4, 0.5) is 14.5 Å². The Labute approximate surface area is 112 Å². The van der Waals surface area contributed by atoms with E-state index in [-0.39, 0.29) is 10.2 Å². The van der Waals surface area contributed by atoms with Crippen molar-refractivity contribution in [1.29, 1.82) is 0 Å². The molecule has 0 atom stereocenters. The molecule has 1 heterocycles. The molecule has 0 spiro atoms. The Bertz CT molecular complexity index is 532. The van der Waals surface area contributed by atoms with E-state index in [4.69, 9.17) is 0 Å². The van der Waals surface area contributed by atoms with Crippen LogP contribution in [0.15, 0.2) is 41.0 Å². The number of pyridine rings is 1. The predicted molar refractivity (Wildman–Crippen MR) is 70.5 cm³/mol. The number of hydrogen-bond donors (Lipinski definition) is 1. The van der Waals surface area contributed by atoms with E-state index < -0.39 is 11.6 Å². The van der Waals surface area contributed by atoms with Crippen LogP contribution in [0, 0.1) is 11.6 Å². The maximum atomic E-state index is 13.4. The van der Waals surface area contributed by atoms with Gasteiger partial charge in [-0.25, -0.2) is 8.78 Å². The van der Waals surface area contributed by atoms with Crippen molar-refractivity contribution in [3.05, 3.63) is 58.3 Å². The van der Waals surface area contributed by atoms with Gasteiger partial charge >= 0.3 is 0 Å². The Morgan fingerprint density at radius 2 is 2.00 bits per heavy atom. The molecular formula is C13H11BrF2N2. The summed E-state index contributed by atoms with van der Waals surface area (Å²) in [5.74, 6) is -1.21. The molecule has 0 saturated carbocycles. The van der Waals surface area contributed by atoms with Crippen molar-refractivity contribution in [3.63, 3.8) is 0 Å². The van der Waals surface area contributed by atoms with E-state index >= 15 is 0 Å². The van der Waals surface area contributed by atoms with Gasteiger partial charge in [-0.2, -0.15) is 0 Å². The third kappa shape index (κ3) is 3.26. The number of nitrogens with one attached hydrogen (secondary N) is 1. The second-order valence-electron chi connectivity index (χ2n) is 3.74. The number of aromatic nitrogens is 1. The molecule has 0 aliphatic heterocycles. The molecule has 2 rings (SSSR count). The fourth-order valence-corrected chi connectivity index (χ4v) is 1.87. The number of benzene rings is 1. The zero-order valence-electron chi connectivity index (χ0n) is 9.46. The van der Waals surface area contributed by atoms with Crippen molar-refractivity contribution in [2.45, 2.75) is 6.42 Å². The highest BCUT2D eigenvalue weighted by Gasteiger charge is 2.07. The zero-order chi connectivity index (χ0) is 13.0. The molecule has 0 radical (unpaired) electrons. The van der Waals surface area contributed by atoms with Crippen LogP contribution in [0.25, 0.3) is 0 Å². The number of halogens is 3. The summed E-state index contributed by atoms with van der Waals surface area (Å²) in [7, 11) is 0. The molecule has 18 heavy (non-hydrogen) atoms. The lowest BCUT2D eigenvalue weighted by atomic mass is 10.2. The second-order valence-corrected chi connectivity index (χ2v) is 4.60. The average Bonchev–Trinajstić information content (AvgIpc) is 2.37. The van der Waals surface area contributed by atoms with Crippen molar-refractivity contribution in [2.75, 3.05) is 11.9 Å². The molecule has 94 valence electrons. The van der Waals surface area contributed by atoms with E-state index in [0.717, 1.165) is 11.8 Å². The minimum Gasteiger partial charge on any atom is -0.382 e. The summed E-state index contributed by atoms with van der Waals surface area (Å²) in [5, 5.41) is 2.92. The van der Waals surface area contributed by atoms with E-state index in [0.29, 0.717) is 13.0 Å².